The molecule has 210 valence electrons. The summed E-state index contributed by atoms with van der Waals surface area (Å²) in [7, 11) is 2.09. The SMILES string of the molecule is CC(C)C(CO)n1cc(C(=O)O)c(=O)c2cc(Cc3cccc(Cl)c3F)c(OCCN3CCN(C)CC3)cc21. The third kappa shape index (κ3) is 6.44. The van der Waals surface area contributed by atoms with Crippen LogP contribution in [0.4, 0.5) is 4.39 Å². The van der Waals surface area contributed by atoms with Gasteiger partial charge in [0, 0.05) is 56.8 Å². The van der Waals surface area contributed by atoms with Gasteiger partial charge < -0.3 is 24.4 Å². The second kappa shape index (κ2) is 12.5. The number of ether oxygens (including phenoxy) is 1. The van der Waals surface area contributed by atoms with Gasteiger partial charge in [-0.3, -0.25) is 9.69 Å². The second-order valence-corrected chi connectivity index (χ2v) is 10.8. The molecule has 0 amide bonds. The Kier molecular flexibility index (Phi) is 9.27. The molecular formula is C29H35ClFN3O5. The number of carboxylic acid groups (broad SMARTS) is 1. The number of hydrogen-bond donors (Lipinski definition) is 2. The number of benzene rings is 2. The lowest BCUT2D eigenvalue weighted by Crippen LogP contribution is -2.45. The summed E-state index contributed by atoms with van der Waals surface area (Å²) in [5, 5.41) is 20.1. The van der Waals surface area contributed by atoms with E-state index in [0.29, 0.717) is 35.5 Å². The van der Waals surface area contributed by atoms with E-state index in [9.17, 15) is 24.2 Å². The molecule has 0 saturated carbocycles. The lowest BCUT2D eigenvalue weighted by atomic mass is 9.98. The number of aliphatic hydroxyl groups is 1. The fourth-order valence-electron chi connectivity index (χ4n) is 4.99. The van der Waals surface area contributed by atoms with Crippen molar-refractivity contribution in [3.05, 3.63) is 74.3 Å². The van der Waals surface area contributed by atoms with Crippen LogP contribution in [0.1, 0.15) is 41.4 Å². The number of hydrogen-bond acceptors (Lipinski definition) is 6. The van der Waals surface area contributed by atoms with Gasteiger partial charge in [0.2, 0.25) is 5.43 Å². The number of carbonyl (C=O) groups is 1. The van der Waals surface area contributed by atoms with Crippen LogP contribution in [0.3, 0.4) is 0 Å². The third-order valence-electron chi connectivity index (χ3n) is 7.43. The van der Waals surface area contributed by atoms with E-state index in [1.165, 1.54) is 12.3 Å². The fraction of sp³-hybridized carbons (Fsp3) is 0.448. The minimum atomic E-state index is -1.36. The molecule has 39 heavy (non-hydrogen) atoms. The number of aromatic carboxylic acids is 1. The van der Waals surface area contributed by atoms with Crippen LogP contribution in [0.15, 0.2) is 41.3 Å². The van der Waals surface area contributed by atoms with Crippen LogP contribution in [0.2, 0.25) is 5.02 Å². The van der Waals surface area contributed by atoms with Crippen molar-refractivity contribution in [3.63, 3.8) is 0 Å². The minimum absolute atomic E-state index is 0.0101. The highest BCUT2D eigenvalue weighted by atomic mass is 35.5. The first-order chi connectivity index (χ1) is 18.6. The molecule has 1 unspecified atom stereocenters. The van der Waals surface area contributed by atoms with Gasteiger partial charge in [-0.25, -0.2) is 9.18 Å². The van der Waals surface area contributed by atoms with E-state index < -0.39 is 28.8 Å². The second-order valence-electron chi connectivity index (χ2n) is 10.4. The average molecular weight is 560 g/mol. The first-order valence-electron chi connectivity index (χ1n) is 13.1. The summed E-state index contributed by atoms with van der Waals surface area (Å²) in [6.07, 6.45) is 1.38. The number of pyridine rings is 1. The highest BCUT2D eigenvalue weighted by molar-refractivity contribution is 6.30. The predicted octanol–water partition coefficient (Wildman–Crippen LogP) is 3.90. The predicted molar refractivity (Wildman–Crippen MR) is 150 cm³/mol. The Bertz CT molecular complexity index is 1400. The fourth-order valence-corrected chi connectivity index (χ4v) is 5.18. The number of carboxylic acids is 1. The van der Waals surface area contributed by atoms with Crippen molar-refractivity contribution >= 4 is 28.5 Å². The summed E-state index contributed by atoms with van der Waals surface area (Å²) in [6, 6.07) is 7.55. The zero-order chi connectivity index (χ0) is 28.3. The Morgan fingerprint density at radius 3 is 2.51 bits per heavy atom. The van der Waals surface area contributed by atoms with Gasteiger partial charge in [0.15, 0.2) is 0 Å². The molecular weight excluding hydrogens is 525 g/mol. The van der Waals surface area contributed by atoms with Crippen LogP contribution >= 0.6 is 11.6 Å². The van der Waals surface area contributed by atoms with E-state index in [-0.39, 0.29) is 29.4 Å². The molecule has 10 heteroatoms. The van der Waals surface area contributed by atoms with Crippen molar-refractivity contribution in [3.8, 4) is 5.75 Å². The summed E-state index contributed by atoms with van der Waals surface area (Å²) in [5.41, 5.74) is 0.271. The average Bonchev–Trinajstić information content (AvgIpc) is 2.89. The number of aromatic nitrogens is 1. The van der Waals surface area contributed by atoms with E-state index in [1.54, 1.807) is 28.8 Å². The highest BCUT2D eigenvalue weighted by Crippen LogP contribution is 2.32. The van der Waals surface area contributed by atoms with Crippen molar-refractivity contribution in [1.29, 1.82) is 0 Å². The first-order valence-corrected chi connectivity index (χ1v) is 13.5. The van der Waals surface area contributed by atoms with Crippen LogP contribution in [0.25, 0.3) is 10.9 Å². The molecule has 1 aromatic heterocycles. The van der Waals surface area contributed by atoms with E-state index >= 15 is 0 Å². The van der Waals surface area contributed by atoms with Gasteiger partial charge in [-0.1, -0.05) is 37.6 Å². The molecule has 0 spiro atoms. The van der Waals surface area contributed by atoms with Gasteiger partial charge in [-0.2, -0.15) is 0 Å². The molecule has 1 saturated heterocycles. The van der Waals surface area contributed by atoms with Crippen LogP contribution in [-0.2, 0) is 6.42 Å². The summed E-state index contributed by atoms with van der Waals surface area (Å²) in [6.45, 7) is 8.48. The van der Waals surface area contributed by atoms with E-state index in [0.717, 1.165) is 26.2 Å². The Labute approximate surface area is 232 Å². The molecule has 1 fully saturated rings. The number of piperazine rings is 1. The lowest BCUT2D eigenvalue weighted by Gasteiger charge is -2.32. The topological polar surface area (TPSA) is 95.2 Å². The standard InChI is InChI=1S/C29H35ClFN3O5/c1-18(2)25(17-35)34-16-22(29(37)38)28(36)21-14-20(13-19-5-4-6-23(30)27(19)31)26(15-24(21)34)39-12-11-33-9-7-32(3)8-10-33/h4-6,14-16,18,25,35H,7-13,17H2,1-3H3,(H,37,38). The molecule has 2 N–H and O–H groups in total. The zero-order valence-corrected chi connectivity index (χ0v) is 23.2. The van der Waals surface area contributed by atoms with E-state index in [4.69, 9.17) is 16.3 Å². The number of aliphatic hydroxyl groups excluding tert-OH is 1. The quantitative estimate of drug-likeness (QED) is 0.389. The number of likely N-dealkylation sites (N-methyl/N-ethyl adjacent to an activating group) is 1. The Morgan fingerprint density at radius 1 is 1.15 bits per heavy atom. The van der Waals surface area contributed by atoms with Gasteiger partial charge in [0.05, 0.1) is 23.2 Å². The zero-order valence-electron chi connectivity index (χ0n) is 22.5. The molecule has 0 bridgehead atoms. The Morgan fingerprint density at radius 2 is 1.87 bits per heavy atom. The van der Waals surface area contributed by atoms with Crippen LogP contribution in [0.5, 0.6) is 5.75 Å². The van der Waals surface area contributed by atoms with Gasteiger partial charge in [0.1, 0.15) is 23.7 Å². The molecule has 1 aliphatic rings. The molecule has 1 atom stereocenters. The van der Waals surface area contributed by atoms with Crippen molar-refractivity contribution in [1.82, 2.24) is 14.4 Å². The van der Waals surface area contributed by atoms with Crippen LogP contribution in [-0.4, -0.2) is 83.5 Å². The molecule has 1 aliphatic heterocycles. The number of halogens is 2. The monoisotopic (exact) mass is 559 g/mol. The molecule has 4 rings (SSSR count). The molecule has 0 radical (unpaired) electrons. The van der Waals surface area contributed by atoms with E-state index in [2.05, 4.69) is 16.8 Å². The molecule has 3 aromatic rings. The smallest absolute Gasteiger partial charge is 0.341 e. The number of fused-ring (bicyclic) bond motifs is 1. The summed E-state index contributed by atoms with van der Waals surface area (Å²) in [5.74, 6) is -1.50. The molecule has 2 aromatic carbocycles. The summed E-state index contributed by atoms with van der Waals surface area (Å²) < 4.78 is 22.8. The third-order valence-corrected chi connectivity index (χ3v) is 7.72. The van der Waals surface area contributed by atoms with Crippen molar-refractivity contribution in [2.75, 3.05) is 53.0 Å². The normalized spacial score (nSPS) is 15.7. The molecule has 2 heterocycles. The Hall–Kier alpha value is -2.98. The molecule has 0 aliphatic carbocycles. The van der Waals surface area contributed by atoms with Crippen LogP contribution < -0.4 is 10.2 Å². The van der Waals surface area contributed by atoms with Crippen LogP contribution in [0, 0.1) is 11.7 Å². The van der Waals surface area contributed by atoms with Gasteiger partial charge >= 0.3 is 5.97 Å². The summed E-state index contributed by atoms with van der Waals surface area (Å²) in [4.78, 5) is 29.8. The first kappa shape index (κ1) is 29.0. The summed E-state index contributed by atoms with van der Waals surface area (Å²) >= 11 is 6.02. The number of rotatable bonds is 10. The van der Waals surface area contributed by atoms with Gasteiger partial charge in [-0.15, -0.1) is 0 Å². The lowest BCUT2D eigenvalue weighted by molar-refractivity contribution is 0.0694. The maximum absolute atomic E-state index is 14.9. The minimum Gasteiger partial charge on any atom is -0.492 e. The maximum Gasteiger partial charge on any atom is 0.341 e. The molecule has 8 nitrogen and oxygen atoms in total. The van der Waals surface area contributed by atoms with Crippen molar-refractivity contribution in [2.24, 2.45) is 5.92 Å². The maximum atomic E-state index is 14.9. The number of nitrogens with zero attached hydrogens (tertiary/aromatic N) is 3. The van der Waals surface area contributed by atoms with E-state index in [1.807, 2.05) is 13.8 Å². The van der Waals surface area contributed by atoms with Crippen molar-refractivity contribution < 1.29 is 24.1 Å². The van der Waals surface area contributed by atoms with Gasteiger partial charge in [0.25, 0.3) is 0 Å². The van der Waals surface area contributed by atoms with Crippen molar-refractivity contribution in [2.45, 2.75) is 26.3 Å². The highest BCUT2D eigenvalue weighted by Gasteiger charge is 2.23. The largest absolute Gasteiger partial charge is 0.492 e. The van der Waals surface area contributed by atoms with Gasteiger partial charge in [-0.05, 0) is 36.2 Å². The Balaban J connectivity index is 1.82.